The second-order valence-electron chi connectivity index (χ2n) is 6.20. The van der Waals surface area contributed by atoms with E-state index in [4.69, 9.17) is 0 Å². The molecule has 0 heterocycles. The van der Waals surface area contributed by atoms with Crippen molar-refractivity contribution in [1.82, 2.24) is 0 Å². The summed E-state index contributed by atoms with van der Waals surface area (Å²) < 4.78 is 234. The van der Waals surface area contributed by atoms with E-state index < -0.39 is 71.3 Å². The van der Waals surface area contributed by atoms with Crippen molar-refractivity contribution in [3.63, 3.8) is 0 Å². The van der Waals surface area contributed by atoms with E-state index >= 15 is 0 Å². The molecule has 0 aromatic carbocycles. The van der Waals surface area contributed by atoms with Crippen molar-refractivity contribution in [3.8, 4) is 0 Å². The third-order valence-corrected chi connectivity index (χ3v) is 4.25. The number of ketones is 2. The highest BCUT2D eigenvalue weighted by Crippen LogP contribution is 2.69. The highest BCUT2D eigenvalue weighted by atomic mass is 19.4. The Hall–Kier alpha value is -1.92. The molecule has 2 nitrogen and oxygen atoms in total. The molecule has 0 saturated heterocycles. The summed E-state index contributed by atoms with van der Waals surface area (Å²) >= 11 is 0. The fourth-order valence-corrected chi connectivity index (χ4v) is 2.30. The molecule has 0 aromatic heterocycles. The van der Waals surface area contributed by atoms with E-state index in [9.17, 15) is 88.6 Å². The van der Waals surface area contributed by atoms with E-state index in [0.717, 1.165) is 0 Å². The standard InChI is InChI=1S/C12H2F18O2/c13-4(2(31)1-3(32)5(14,15)8(20,21)12(28,29)30)6(16,17)9(22,23)11(26,27)10(24,25)7(4,18)19/h1H2. The van der Waals surface area contributed by atoms with Crippen molar-refractivity contribution in [2.45, 2.75) is 59.7 Å². The third-order valence-electron chi connectivity index (χ3n) is 4.25. The summed E-state index contributed by atoms with van der Waals surface area (Å²) in [6.45, 7) is 0. The summed E-state index contributed by atoms with van der Waals surface area (Å²) in [4.78, 5) is 22.1. The molecular weight excluding hydrogens is 518 g/mol. The molecule has 1 saturated carbocycles. The minimum atomic E-state index is -7.94. The van der Waals surface area contributed by atoms with Crippen LogP contribution in [0.15, 0.2) is 0 Å². The number of carbonyl (C=O) groups excluding carboxylic acids is 2. The summed E-state index contributed by atoms with van der Waals surface area (Å²) in [7, 11) is 0. The van der Waals surface area contributed by atoms with Gasteiger partial charge >= 0.3 is 53.3 Å². The molecule has 1 aliphatic rings. The highest BCUT2D eigenvalue weighted by molar-refractivity contribution is 6.07. The van der Waals surface area contributed by atoms with Crippen LogP contribution in [0.2, 0.25) is 0 Å². The van der Waals surface area contributed by atoms with Crippen LogP contribution in [0.5, 0.6) is 0 Å². The molecule has 0 amide bonds. The molecular formula is C12H2F18O2. The zero-order chi connectivity index (χ0) is 26.4. The first-order valence-electron chi connectivity index (χ1n) is 7.02. The quantitative estimate of drug-likeness (QED) is 0.367. The zero-order valence-electron chi connectivity index (χ0n) is 13.8. The molecule has 0 N–H and O–H groups in total. The summed E-state index contributed by atoms with van der Waals surface area (Å²) in [5.74, 6) is -63.1. The maximum absolute atomic E-state index is 14.2. The summed E-state index contributed by atoms with van der Waals surface area (Å²) in [6.07, 6.45) is -11.3. The van der Waals surface area contributed by atoms with Gasteiger partial charge in [-0.2, -0.15) is 74.6 Å². The van der Waals surface area contributed by atoms with Gasteiger partial charge in [-0.1, -0.05) is 0 Å². The maximum atomic E-state index is 14.2. The minimum absolute atomic E-state index is 3.97. The van der Waals surface area contributed by atoms with Crippen LogP contribution in [0.4, 0.5) is 79.0 Å². The van der Waals surface area contributed by atoms with Gasteiger partial charge in [0.05, 0.1) is 6.42 Å². The largest absolute Gasteiger partial charge is 0.460 e. The Kier molecular flexibility index (Phi) is 5.77. The molecule has 0 radical (unpaired) electrons. The number of Topliss-reactive ketones (excluding diaryl/α,β-unsaturated/α-hetero) is 2. The van der Waals surface area contributed by atoms with Crippen molar-refractivity contribution >= 4 is 11.6 Å². The SMILES string of the molecule is O=C(CC(=O)C1(F)C(F)(F)C(F)(F)C(F)(F)C(F)(F)C1(F)F)C(F)(F)C(F)(F)C(F)(F)F. The Labute approximate surface area is 161 Å². The summed E-state index contributed by atoms with van der Waals surface area (Å²) in [5, 5.41) is 0. The number of rotatable bonds is 5. The van der Waals surface area contributed by atoms with Crippen molar-refractivity contribution in [2.75, 3.05) is 0 Å². The van der Waals surface area contributed by atoms with Gasteiger partial charge in [-0.25, -0.2) is 4.39 Å². The fourth-order valence-electron chi connectivity index (χ4n) is 2.30. The Morgan fingerprint density at radius 3 is 1.09 bits per heavy atom. The van der Waals surface area contributed by atoms with E-state index in [1.165, 1.54) is 0 Å². The summed E-state index contributed by atoms with van der Waals surface area (Å²) in [5.41, 5.74) is -7.66. The number of halogens is 18. The Balaban J connectivity index is 3.66. The van der Waals surface area contributed by atoms with Gasteiger partial charge in [0.15, 0.2) is 5.78 Å². The molecule has 0 aromatic rings. The number of hydrogen-bond donors (Lipinski definition) is 0. The fraction of sp³-hybridized carbons (Fsp3) is 0.833. The lowest BCUT2D eigenvalue weighted by Crippen LogP contribution is -2.85. The molecule has 1 rings (SSSR count). The van der Waals surface area contributed by atoms with E-state index in [0.29, 0.717) is 0 Å². The Morgan fingerprint density at radius 1 is 0.531 bits per heavy atom. The van der Waals surface area contributed by atoms with Crippen LogP contribution in [0.25, 0.3) is 0 Å². The van der Waals surface area contributed by atoms with E-state index in [2.05, 4.69) is 0 Å². The predicted molar refractivity (Wildman–Crippen MR) is 59.2 cm³/mol. The van der Waals surface area contributed by atoms with Crippen LogP contribution in [0, 0.1) is 0 Å². The molecule has 1 aliphatic carbocycles. The smallest absolute Gasteiger partial charge is 0.295 e. The molecule has 0 spiro atoms. The number of carbonyl (C=O) groups is 2. The molecule has 20 heteroatoms. The van der Waals surface area contributed by atoms with Crippen molar-refractivity contribution in [2.24, 2.45) is 0 Å². The van der Waals surface area contributed by atoms with Gasteiger partial charge in [0.2, 0.25) is 5.78 Å². The van der Waals surface area contributed by atoms with Gasteiger partial charge in [-0.05, 0) is 0 Å². The first kappa shape index (κ1) is 28.1. The van der Waals surface area contributed by atoms with E-state index in [1.54, 1.807) is 0 Å². The van der Waals surface area contributed by atoms with E-state index in [-0.39, 0.29) is 0 Å². The Morgan fingerprint density at radius 2 is 0.812 bits per heavy atom. The second-order valence-corrected chi connectivity index (χ2v) is 6.20. The molecule has 0 aliphatic heterocycles. The molecule has 0 atom stereocenters. The second kappa shape index (κ2) is 6.57. The average Bonchev–Trinajstić information content (AvgIpc) is 2.57. The van der Waals surface area contributed by atoms with Crippen LogP contribution >= 0.6 is 0 Å². The predicted octanol–water partition coefficient (Wildman–Crippen LogP) is 5.25. The lowest BCUT2D eigenvalue weighted by atomic mass is 9.69. The number of alkyl halides is 18. The van der Waals surface area contributed by atoms with E-state index in [1.807, 2.05) is 0 Å². The van der Waals surface area contributed by atoms with Crippen molar-refractivity contribution < 1.29 is 88.6 Å². The lowest BCUT2D eigenvalue weighted by Gasteiger charge is -2.51. The van der Waals surface area contributed by atoms with Gasteiger partial charge in [-0.3, -0.25) is 9.59 Å². The van der Waals surface area contributed by atoms with Gasteiger partial charge in [0.1, 0.15) is 0 Å². The van der Waals surface area contributed by atoms with Crippen LogP contribution < -0.4 is 0 Å². The van der Waals surface area contributed by atoms with Gasteiger partial charge in [0, 0.05) is 0 Å². The Bertz CT molecular complexity index is 775. The highest BCUT2D eigenvalue weighted by Gasteiger charge is 3.02. The van der Waals surface area contributed by atoms with Crippen LogP contribution in [0.3, 0.4) is 0 Å². The first-order chi connectivity index (χ1) is 13.5. The van der Waals surface area contributed by atoms with Crippen molar-refractivity contribution in [3.05, 3.63) is 0 Å². The van der Waals surface area contributed by atoms with Gasteiger partial charge in [0.25, 0.3) is 0 Å². The number of hydrogen-bond acceptors (Lipinski definition) is 2. The zero-order valence-corrected chi connectivity index (χ0v) is 13.8. The van der Waals surface area contributed by atoms with Crippen LogP contribution in [-0.2, 0) is 9.59 Å². The van der Waals surface area contributed by atoms with Gasteiger partial charge in [-0.15, -0.1) is 0 Å². The monoisotopic (exact) mass is 520 g/mol. The minimum Gasteiger partial charge on any atom is -0.295 e. The molecule has 0 bridgehead atoms. The molecule has 1 fully saturated rings. The third kappa shape index (κ3) is 2.78. The average molecular weight is 520 g/mol. The van der Waals surface area contributed by atoms with Crippen molar-refractivity contribution in [1.29, 1.82) is 0 Å². The topological polar surface area (TPSA) is 34.1 Å². The van der Waals surface area contributed by atoms with Gasteiger partial charge < -0.3 is 0 Å². The molecule has 32 heavy (non-hydrogen) atoms. The molecule has 0 unspecified atom stereocenters. The lowest BCUT2D eigenvalue weighted by molar-refractivity contribution is -0.476. The first-order valence-corrected chi connectivity index (χ1v) is 7.02. The molecule has 188 valence electrons. The van der Waals surface area contributed by atoms with Crippen LogP contribution in [-0.4, -0.2) is 64.9 Å². The maximum Gasteiger partial charge on any atom is 0.460 e. The van der Waals surface area contributed by atoms with Crippen LogP contribution in [0.1, 0.15) is 6.42 Å². The summed E-state index contributed by atoms with van der Waals surface area (Å²) in [6, 6.07) is 0. The normalized spacial score (nSPS) is 25.8.